The van der Waals surface area contributed by atoms with Crippen LogP contribution < -0.4 is 15.4 Å². The molecule has 2 amide bonds. The number of carbonyl (C=O) groups is 6. The Morgan fingerprint density at radius 3 is 2.13 bits per heavy atom. The summed E-state index contributed by atoms with van der Waals surface area (Å²) in [6, 6.07) is 12.1. The number of rotatable bonds is 29. The maximum Gasteiger partial charge on any atom is 0.315 e. The molecule has 0 saturated heterocycles. The Kier molecular flexibility index (Phi) is 21.0. The first-order valence-corrected chi connectivity index (χ1v) is 25.8. The lowest BCUT2D eigenvalue weighted by molar-refractivity contribution is -0.195. The fourth-order valence-corrected chi connectivity index (χ4v) is 8.76. The van der Waals surface area contributed by atoms with Gasteiger partial charge >= 0.3 is 35.9 Å². The Hall–Kier alpha value is -5.83. The minimum atomic E-state index is -4.00. The van der Waals surface area contributed by atoms with Crippen LogP contribution in [0.25, 0.3) is 11.1 Å². The lowest BCUT2D eigenvalue weighted by Crippen LogP contribution is -2.59. The number of esters is 5. The third-order valence-corrected chi connectivity index (χ3v) is 13.9. The molecule has 3 aromatic rings. The maximum absolute atomic E-state index is 13.9. The van der Waals surface area contributed by atoms with E-state index in [0.29, 0.717) is 23.4 Å². The van der Waals surface area contributed by atoms with Crippen molar-refractivity contribution >= 4 is 57.5 Å². The first-order valence-electron chi connectivity index (χ1n) is 24.0. The zero-order valence-electron chi connectivity index (χ0n) is 41.1. The van der Waals surface area contributed by atoms with Crippen molar-refractivity contribution in [3.63, 3.8) is 0 Å². The quantitative estimate of drug-likeness (QED) is 0.0418. The highest BCUT2D eigenvalue weighted by molar-refractivity contribution is 7.89. The van der Waals surface area contributed by atoms with Gasteiger partial charge in [-0.25, -0.2) is 17.5 Å². The van der Waals surface area contributed by atoms with Crippen LogP contribution in [0.15, 0.2) is 65.8 Å². The van der Waals surface area contributed by atoms with E-state index in [2.05, 4.69) is 15.6 Å². The summed E-state index contributed by atoms with van der Waals surface area (Å²) in [7, 11) is -2.56. The zero-order valence-corrected chi connectivity index (χ0v) is 42.6. The van der Waals surface area contributed by atoms with Gasteiger partial charge in [0.2, 0.25) is 10.0 Å². The predicted molar refractivity (Wildman–Crippen MR) is 258 cm³/mol. The Labute approximate surface area is 419 Å². The summed E-state index contributed by atoms with van der Waals surface area (Å²) in [5, 5.41) is 5.61. The average molecular weight is 1030 g/mol. The normalized spacial score (nSPS) is 15.5. The van der Waals surface area contributed by atoms with Gasteiger partial charge in [0.25, 0.3) is 0 Å². The Balaban J connectivity index is 1.22. The number of halogens is 1. The molecule has 71 heavy (non-hydrogen) atoms. The molecule has 1 aromatic heterocycles. The van der Waals surface area contributed by atoms with Gasteiger partial charge in [-0.15, -0.1) is 0 Å². The summed E-state index contributed by atoms with van der Waals surface area (Å²) in [6.45, 7) is 6.11. The molecule has 0 aliphatic heterocycles. The third kappa shape index (κ3) is 16.3. The number of pyridine rings is 1. The molecule has 1 heterocycles. The van der Waals surface area contributed by atoms with Gasteiger partial charge in [-0.2, -0.15) is 0 Å². The van der Waals surface area contributed by atoms with Gasteiger partial charge in [0.15, 0.2) is 18.3 Å². The molecule has 5 rings (SSSR count). The molecular weight excluding hydrogens is 964 g/mol. The topological polar surface area (TPSA) is 241 Å². The van der Waals surface area contributed by atoms with Gasteiger partial charge in [-0.05, 0) is 80.0 Å². The second-order valence-corrected chi connectivity index (χ2v) is 19.6. The molecule has 2 aromatic carbocycles. The number of nitrogens with zero attached hydrogens (tertiary/aromatic N) is 2. The summed E-state index contributed by atoms with van der Waals surface area (Å²) in [6.07, 6.45) is 2.62. The minimum Gasteiger partial charge on any atom is -0.490 e. The van der Waals surface area contributed by atoms with Crippen molar-refractivity contribution in [2.45, 2.75) is 146 Å². The summed E-state index contributed by atoms with van der Waals surface area (Å²) in [5.74, 6) is -3.01. The fourth-order valence-electron chi connectivity index (χ4n) is 7.33. The van der Waals surface area contributed by atoms with Crippen LogP contribution in [0.4, 0.5) is 4.79 Å². The van der Waals surface area contributed by atoms with Crippen molar-refractivity contribution in [2.75, 3.05) is 33.4 Å². The van der Waals surface area contributed by atoms with E-state index in [0.717, 1.165) is 55.0 Å². The smallest absolute Gasteiger partial charge is 0.315 e. The summed E-state index contributed by atoms with van der Waals surface area (Å²) < 4.78 is 69.1. The molecular formula is C50H65ClN4O15S. The molecule has 2 aliphatic carbocycles. The molecule has 4 atom stereocenters. The van der Waals surface area contributed by atoms with Crippen molar-refractivity contribution in [3.05, 3.63) is 77.1 Å². The van der Waals surface area contributed by atoms with E-state index in [4.69, 9.17) is 44.8 Å². The number of para-hydroxylation sites is 1. The van der Waals surface area contributed by atoms with Crippen LogP contribution in [0.1, 0.15) is 110 Å². The van der Waals surface area contributed by atoms with Gasteiger partial charge in [-0.1, -0.05) is 57.5 Å². The van der Waals surface area contributed by atoms with E-state index in [9.17, 15) is 37.2 Å². The molecule has 0 bridgehead atoms. The van der Waals surface area contributed by atoms with Crippen LogP contribution in [-0.4, -0.2) is 117 Å². The average Bonchev–Trinajstić information content (AvgIpc) is 4.32. The van der Waals surface area contributed by atoms with E-state index in [1.165, 1.54) is 57.2 Å². The number of benzene rings is 2. The number of nitrogens with one attached hydrogen (secondary N) is 2. The summed E-state index contributed by atoms with van der Waals surface area (Å²) >= 11 is 6.63. The van der Waals surface area contributed by atoms with Gasteiger partial charge < -0.3 is 43.8 Å². The number of ether oxygens (including phenoxy) is 7. The zero-order chi connectivity index (χ0) is 51.7. The van der Waals surface area contributed by atoms with Crippen LogP contribution in [0.3, 0.4) is 0 Å². The lowest BCUT2D eigenvalue weighted by Gasteiger charge is -2.36. The van der Waals surface area contributed by atoms with E-state index >= 15 is 0 Å². The second kappa shape index (κ2) is 26.6. The number of hydrogen-bond donors (Lipinski definition) is 2. The van der Waals surface area contributed by atoms with Crippen LogP contribution in [-0.2, 0) is 74.6 Å². The summed E-state index contributed by atoms with van der Waals surface area (Å²) in [4.78, 5) is 80.3. The van der Waals surface area contributed by atoms with E-state index in [-0.39, 0.29) is 56.4 Å². The molecule has 388 valence electrons. The van der Waals surface area contributed by atoms with Crippen LogP contribution >= 0.6 is 11.6 Å². The SMILES string of the molecule is CCC(=O)OC[C@@H](OC(=O)CC)[C@@H](OC(=O)CC)[C@H](OC(=O)CC)[C@H](COC(C)=O)NC(=O)NCCCCN(C)S(=O)(=O)c1ccc(Cl)c(COC2(c3cnccc3-c3ccccc3OC3CC3)CC2)c1. The van der Waals surface area contributed by atoms with E-state index in [1.54, 1.807) is 6.20 Å². The number of aromatic nitrogens is 1. The largest absolute Gasteiger partial charge is 0.490 e. The Morgan fingerprint density at radius 2 is 1.48 bits per heavy atom. The van der Waals surface area contributed by atoms with Gasteiger partial charge in [0, 0.05) is 81.3 Å². The first-order chi connectivity index (χ1) is 33.9. The molecule has 0 radical (unpaired) electrons. The second-order valence-electron chi connectivity index (χ2n) is 17.1. The molecule has 21 heteroatoms. The fraction of sp³-hybridized carbons (Fsp3) is 0.540. The number of urea groups is 1. The third-order valence-electron chi connectivity index (χ3n) is 11.7. The Bertz CT molecular complexity index is 2450. The van der Waals surface area contributed by atoms with E-state index < -0.39 is 89.1 Å². The Morgan fingerprint density at radius 1 is 0.817 bits per heavy atom. The highest BCUT2D eigenvalue weighted by atomic mass is 35.5. The van der Waals surface area contributed by atoms with E-state index in [1.807, 2.05) is 36.5 Å². The van der Waals surface area contributed by atoms with Crippen LogP contribution in [0.5, 0.6) is 5.75 Å². The molecule has 19 nitrogen and oxygen atoms in total. The van der Waals surface area contributed by atoms with Crippen molar-refractivity contribution in [2.24, 2.45) is 0 Å². The van der Waals surface area contributed by atoms with Crippen molar-refractivity contribution in [1.29, 1.82) is 0 Å². The van der Waals surface area contributed by atoms with Gasteiger partial charge in [0.1, 0.15) is 25.0 Å². The van der Waals surface area contributed by atoms with Crippen molar-refractivity contribution in [1.82, 2.24) is 19.9 Å². The molecule has 2 fully saturated rings. The minimum absolute atomic E-state index is 0.0221. The molecule has 2 N–H and O–H groups in total. The highest BCUT2D eigenvalue weighted by Gasteiger charge is 2.48. The lowest BCUT2D eigenvalue weighted by atomic mass is 9.96. The van der Waals surface area contributed by atoms with Gasteiger partial charge in [0.05, 0.1) is 23.2 Å². The monoisotopic (exact) mass is 1030 g/mol. The number of hydrogen-bond acceptors (Lipinski definition) is 16. The molecule has 2 saturated carbocycles. The standard InChI is InChI=1S/C50H65ClN4O15S/c1-7-43(57)65-31-42(68-44(58)8-2)48(70-46(60)10-4)47(69-45(59)9-3)40(30-64-32(5)56)54-49(61)53-24-13-14-26-55(6)71(62,63)35-19-20-39(51)33(27-35)29-66-50(22-23-50)38-28-52-25-21-36(38)37-15-11-12-16-41(37)67-34-17-18-34/h11-12,15-16,19-21,25,27-28,34,40,42,47-48H,7-10,13-14,17-18,22-24,26,29-31H2,1-6H3,(H2,53,54,61)/t40-,42+,47+,48+/m0/s1. The number of amides is 2. The predicted octanol–water partition coefficient (Wildman–Crippen LogP) is 6.70. The molecule has 0 unspecified atom stereocenters. The van der Waals surface area contributed by atoms with Crippen molar-refractivity contribution in [3.8, 4) is 16.9 Å². The molecule has 2 aliphatic rings. The number of unbranched alkanes of at least 4 members (excludes halogenated alkanes) is 1. The van der Waals surface area contributed by atoms with Crippen LogP contribution in [0.2, 0.25) is 5.02 Å². The number of sulfonamides is 1. The van der Waals surface area contributed by atoms with Crippen LogP contribution in [0, 0.1) is 0 Å². The highest BCUT2D eigenvalue weighted by Crippen LogP contribution is 2.53. The molecule has 0 spiro atoms. The van der Waals surface area contributed by atoms with Crippen molar-refractivity contribution < 1.29 is 70.3 Å². The van der Waals surface area contributed by atoms with Gasteiger partial charge in [-0.3, -0.25) is 29.0 Å². The maximum atomic E-state index is 13.9. The summed E-state index contributed by atoms with van der Waals surface area (Å²) in [5.41, 5.74) is 2.67. The number of carbonyl (C=O) groups excluding carboxylic acids is 6. The first kappa shape index (κ1) is 56.1.